The summed E-state index contributed by atoms with van der Waals surface area (Å²) in [5.74, 6) is 2.74. The van der Waals surface area contributed by atoms with Gasteiger partial charge in [0.25, 0.3) is 0 Å². The van der Waals surface area contributed by atoms with Crippen molar-refractivity contribution in [2.45, 2.75) is 32.7 Å². The largest absolute Gasteiger partial charge is 0.481 e. The fourth-order valence-electron chi connectivity index (χ4n) is 3.65. The first-order chi connectivity index (χ1) is 11.1. The van der Waals surface area contributed by atoms with Crippen LogP contribution in [-0.2, 0) is 27.1 Å². The van der Waals surface area contributed by atoms with Crippen molar-refractivity contribution < 1.29 is 4.74 Å². The molecular formula is C17H27N5O. The Morgan fingerprint density at radius 3 is 2.87 bits per heavy atom. The second-order valence-electron chi connectivity index (χ2n) is 6.60. The third kappa shape index (κ3) is 3.42. The Morgan fingerprint density at radius 2 is 2.17 bits per heavy atom. The van der Waals surface area contributed by atoms with Crippen LogP contribution in [0.2, 0.25) is 0 Å². The average Bonchev–Trinajstić information content (AvgIpc) is 3.03. The summed E-state index contributed by atoms with van der Waals surface area (Å²) in [6.45, 7) is 5.24. The quantitative estimate of drug-likeness (QED) is 0.845. The van der Waals surface area contributed by atoms with Crippen molar-refractivity contribution in [2.24, 2.45) is 20.0 Å². The third-order valence-electron chi connectivity index (χ3n) is 4.86. The minimum atomic E-state index is 0.674. The molecule has 0 N–H and O–H groups in total. The molecule has 0 saturated carbocycles. The Morgan fingerprint density at radius 1 is 1.35 bits per heavy atom. The second-order valence-corrected chi connectivity index (χ2v) is 6.60. The van der Waals surface area contributed by atoms with Gasteiger partial charge < -0.3 is 9.30 Å². The predicted octanol–water partition coefficient (Wildman–Crippen LogP) is 1.93. The SMILES string of the molecule is COc1c(CN2CCC[C@@H](Cc3nccn3C)C2)c(C)nn1C. The van der Waals surface area contributed by atoms with E-state index in [4.69, 9.17) is 4.74 Å². The van der Waals surface area contributed by atoms with Crippen LogP contribution in [0.25, 0.3) is 0 Å². The summed E-state index contributed by atoms with van der Waals surface area (Å²) in [5.41, 5.74) is 2.28. The highest BCUT2D eigenvalue weighted by atomic mass is 16.5. The van der Waals surface area contributed by atoms with Crippen molar-refractivity contribution in [3.63, 3.8) is 0 Å². The highest BCUT2D eigenvalue weighted by Crippen LogP contribution is 2.26. The molecule has 2 aromatic heterocycles. The number of likely N-dealkylation sites (tertiary alicyclic amines) is 1. The lowest BCUT2D eigenvalue weighted by molar-refractivity contribution is 0.163. The van der Waals surface area contributed by atoms with E-state index >= 15 is 0 Å². The molecule has 3 rings (SSSR count). The highest BCUT2D eigenvalue weighted by Gasteiger charge is 2.24. The van der Waals surface area contributed by atoms with E-state index in [9.17, 15) is 0 Å². The third-order valence-corrected chi connectivity index (χ3v) is 4.86. The zero-order chi connectivity index (χ0) is 16.4. The molecule has 3 heterocycles. The van der Waals surface area contributed by atoms with Gasteiger partial charge in [0.2, 0.25) is 5.88 Å². The number of ether oxygens (including phenoxy) is 1. The van der Waals surface area contributed by atoms with E-state index in [-0.39, 0.29) is 0 Å². The van der Waals surface area contributed by atoms with Crippen LogP contribution in [-0.4, -0.2) is 44.4 Å². The van der Waals surface area contributed by atoms with Gasteiger partial charge in [0.1, 0.15) is 5.82 Å². The molecule has 0 aromatic carbocycles. The summed E-state index contributed by atoms with van der Waals surface area (Å²) in [6, 6.07) is 0. The first-order valence-corrected chi connectivity index (χ1v) is 8.33. The van der Waals surface area contributed by atoms with Gasteiger partial charge in [-0.3, -0.25) is 4.90 Å². The molecule has 6 nitrogen and oxygen atoms in total. The van der Waals surface area contributed by atoms with Crippen LogP contribution in [0.15, 0.2) is 12.4 Å². The summed E-state index contributed by atoms with van der Waals surface area (Å²) >= 11 is 0. The number of methoxy groups -OCH3 is 1. The molecule has 2 aromatic rings. The van der Waals surface area contributed by atoms with Gasteiger partial charge in [-0.1, -0.05) is 0 Å². The van der Waals surface area contributed by atoms with Gasteiger partial charge in [-0.25, -0.2) is 9.67 Å². The second kappa shape index (κ2) is 6.74. The van der Waals surface area contributed by atoms with Crippen molar-refractivity contribution in [3.05, 3.63) is 29.5 Å². The number of hydrogen-bond acceptors (Lipinski definition) is 4. The Hall–Kier alpha value is -1.82. The van der Waals surface area contributed by atoms with Gasteiger partial charge in [-0.15, -0.1) is 0 Å². The molecule has 0 aliphatic carbocycles. The van der Waals surface area contributed by atoms with Crippen LogP contribution in [0.1, 0.15) is 29.9 Å². The molecule has 126 valence electrons. The standard InChI is InChI=1S/C17H27N5O/c1-13-15(17(23-4)21(3)19-13)12-22-8-5-6-14(11-22)10-16-18-7-9-20(16)2/h7,9,14H,5-6,8,10-12H2,1-4H3/t14-/m0/s1. The predicted molar refractivity (Wildman–Crippen MR) is 89.4 cm³/mol. The van der Waals surface area contributed by atoms with Crippen molar-refractivity contribution >= 4 is 0 Å². The van der Waals surface area contributed by atoms with Gasteiger partial charge in [-0.2, -0.15) is 5.10 Å². The van der Waals surface area contributed by atoms with Gasteiger partial charge in [0.05, 0.1) is 18.4 Å². The molecule has 0 bridgehead atoms. The first-order valence-electron chi connectivity index (χ1n) is 8.33. The number of nitrogens with zero attached hydrogens (tertiary/aromatic N) is 5. The molecule has 1 aliphatic rings. The number of piperidine rings is 1. The van der Waals surface area contributed by atoms with Gasteiger partial charge >= 0.3 is 0 Å². The van der Waals surface area contributed by atoms with Crippen LogP contribution in [0.5, 0.6) is 5.88 Å². The molecule has 0 amide bonds. The molecule has 1 atom stereocenters. The van der Waals surface area contributed by atoms with E-state index in [2.05, 4.69) is 33.5 Å². The van der Waals surface area contributed by atoms with Gasteiger partial charge in [0.15, 0.2) is 0 Å². The monoisotopic (exact) mass is 317 g/mol. The Labute approximate surface area is 138 Å². The Kier molecular flexibility index (Phi) is 4.71. The minimum Gasteiger partial charge on any atom is -0.481 e. The molecule has 23 heavy (non-hydrogen) atoms. The lowest BCUT2D eigenvalue weighted by Gasteiger charge is -2.32. The molecule has 1 fully saturated rings. The van der Waals surface area contributed by atoms with Crippen LogP contribution in [0.4, 0.5) is 0 Å². The number of rotatable bonds is 5. The fourth-order valence-corrected chi connectivity index (χ4v) is 3.65. The molecule has 0 unspecified atom stereocenters. The summed E-state index contributed by atoms with van der Waals surface area (Å²) in [7, 11) is 5.74. The van der Waals surface area contributed by atoms with Crippen molar-refractivity contribution in [1.29, 1.82) is 0 Å². The number of imidazole rings is 1. The summed E-state index contributed by atoms with van der Waals surface area (Å²) in [4.78, 5) is 7.01. The van der Waals surface area contributed by atoms with E-state index in [0.29, 0.717) is 5.92 Å². The van der Waals surface area contributed by atoms with Crippen LogP contribution >= 0.6 is 0 Å². The average molecular weight is 317 g/mol. The summed E-state index contributed by atoms with van der Waals surface area (Å²) in [6.07, 6.45) is 7.51. The molecular weight excluding hydrogens is 290 g/mol. The van der Waals surface area contributed by atoms with Gasteiger partial charge in [0, 0.05) is 46.0 Å². The zero-order valence-corrected chi connectivity index (χ0v) is 14.6. The molecule has 1 aliphatic heterocycles. The molecule has 1 saturated heterocycles. The molecule has 6 heteroatoms. The zero-order valence-electron chi connectivity index (χ0n) is 14.6. The van der Waals surface area contributed by atoms with Gasteiger partial charge in [-0.05, 0) is 32.2 Å². The highest BCUT2D eigenvalue weighted by molar-refractivity contribution is 5.30. The lowest BCUT2D eigenvalue weighted by Crippen LogP contribution is -2.36. The van der Waals surface area contributed by atoms with E-state index in [0.717, 1.165) is 37.6 Å². The fraction of sp³-hybridized carbons (Fsp3) is 0.647. The van der Waals surface area contributed by atoms with Crippen LogP contribution in [0.3, 0.4) is 0 Å². The van der Waals surface area contributed by atoms with Crippen LogP contribution < -0.4 is 4.74 Å². The number of hydrogen-bond donors (Lipinski definition) is 0. The summed E-state index contributed by atoms with van der Waals surface area (Å²) < 4.78 is 9.49. The topological polar surface area (TPSA) is 48.1 Å². The lowest BCUT2D eigenvalue weighted by atomic mass is 9.94. The van der Waals surface area contributed by atoms with E-state index in [1.165, 1.54) is 24.2 Å². The molecule has 0 spiro atoms. The normalized spacial score (nSPS) is 19.2. The molecule has 0 radical (unpaired) electrons. The Balaban J connectivity index is 1.66. The minimum absolute atomic E-state index is 0.674. The maximum absolute atomic E-state index is 5.53. The van der Waals surface area contributed by atoms with Crippen molar-refractivity contribution in [1.82, 2.24) is 24.2 Å². The van der Waals surface area contributed by atoms with Crippen molar-refractivity contribution in [2.75, 3.05) is 20.2 Å². The number of aryl methyl sites for hydroxylation is 3. The van der Waals surface area contributed by atoms with E-state index in [1.807, 2.05) is 24.1 Å². The van der Waals surface area contributed by atoms with Crippen LogP contribution in [0, 0.1) is 12.8 Å². The maximum Gasteiger partial charge on any atom is 0.216 e. The smallest absolute Gasteiger partial charge is 0.216 e. The maximum atomic E-state index is 5.53. The summed E-state index contributed by atoms with van der Waals surface area (Å²) in [5, 5.41) is 4.49. The van der Waals surface area contributed by atoms with Crippen molar-refractivity contribution in [3.8, 4) is 5.88 Å². The van der Waals surface area contributed by atoms with E-state index < -0.39 is 0 Å². The first kappa shape index (κ1) is 16.1. The van der Waals surface area contributed by atoms with E-state index in [1.54, 1.807) is 7.11 Å². The number of aromatic nitrogens is 4. The Bertz CT molecular complexity index is 660.